The van der Waals surface area contributed by atoms with Gasteiger partial charge in [-0.15, -0.1) is 5.10 Å². The van der Waals surface area contributed by atoms with Crippen molar-refractivity contribution in [2.24, 2.45) is 0 Å². The third-order valence-electron chi connectivity index (χ3n) is 5.96. The molecule has 11 nitrogen and oxygen atoms in total. The maximum absolute atomic E-state index is 12.2. The van der Waals surface area contributed by atoms with Crippen LogP contribution in [-0.2, 0) is 4.79 Å². The van der Waals surface area contributed by atoms with Crippen molar-refractivity contribution in [3.63, 3.8) is 0 Å². The van der Waals surface area contributed by atoms with Gasteiger partial charge in [0.25, 0.3) is 0 Å². The molecule has 0 saturated heterocycles. The van der Waals surface area contributed by atoms with E-state index in [9.17, 15) is 4.79 Å². The highest BCUT2D eigenvalue weighted by Gasteiger charge is 2.18. The summed E-state index contributed by atoms with van der Waals surface area (Å²) in [4.78, 5) is 25.4. The Morgan fingerprint density at radius 2 is 1.83 bits per heavy atom. The number of halogens is 1. The Balaban J connectivity index is 0.00000226. The van der Waals surface area contributed by atoms with E-state index in [0.29, 0.717) is 39.8 Å². The normalized spacial score (nSPS) is 10.6. The van der Waals surface area contributed by atoms with Gasteiger partial charge in [0.2, 0.25) is 17.7 Å². The fourth-order valence-electron chi connectivity index (χ4n) is 3.94. The molecule has 0 bridgehead atoms. The van der Waals surface area contributed by atoms with Crippen LogP contribution in [0.5, 0.6) is 11.6 Å². The summed E-state index contributed by atoms with van der Waals surface area (Å²) in [6, 6.07) is 10.8. The number of amides is 1. The molecule has 2 N–H and O–H groups in total. The second-order valence-corrected chi connectivity index (χ2v) is 9.37. The number of nitrogens with zero attached hydrogens (tertiary/aromatic N) is 6. The molecule has 2 aromatic heterocycles. The monoisotopic (exact) mass is 580 g/mol. The van der Waals surface area contributed by atoms with Crippen molar-refractivity contribution in [2.45, 2.75) is 13.8 Å². The lowest BCUT2D eigenvalue weighted by Crippen LogP contribution is -2.29. The second kappa shape index (κ2) is 14.3. The minimum Gasteiger partial charge on any atom is -0.494 e. The number of hydrogen-bond donors (Lipinski definition) is 2. The summed E-state index contributed by atoms with van der Waals surface area (Å²) in [6.45, 7) is 9.13. The Labute approximate surface area is 245 Å². The average molecular weight is 581 g/mol. The van der Waals surface area contributed by atoms with Crippen molar-refractivity contribution in [1.29, 1.82) is 0 Å². The molecule has 0 radical (unpaired) electrons. The summed E-state index contributed by atoms with van der Waals surface area (Å²) in [5.74, 6) is 1.47. The molecular formula is C29H37ClN8O3. The number of anilines is 4. The van der Waals surface area contributed by atoms with Crippen LogP contribution in [0.3, 0.4) is 0 Å². The van der Waals surface area contributed by atoms with Crippen molar-refractivity contribution >= 4 is 51.4 Å². The summed E-state index contributed by atoms with van der Waals surface area (Å²) in [5, 5.41) is 12.0. The zero-order chi connectivity index (χ0) is 30.1. The number of fused-ring (bicyclic) bond motifs is 1. The quantitative estimate of drug-likeness (QED) is 0.226. The highest BCUT2D eigenvalue weighted by Crippen LogP contribution is 2.38. The first-order valence-electron chi connectivity index (χ1n) is 13.1. The second-order valence-electron chi connectivity index (χ2n) is 8.93. The standard InChI is InChI=1S/C27H31ClN8O3.C2H6/c1-7-25(37)30-19-15-20(23(38-5)16-22(19)35(4)13-12-34(2)3)31-27-29-11-10-24(32-27)36-21-9-8-17(28)14-18(21)26(33-36)39-6;1-2/h7-11,14-16H,1,12-13H2,2-6H3,(H,30,37)(H,29,31,32);1-2H3. The van der Waals surface area contributed by atoms with Gasteiger partial charge in [-0.25, -0.2) is 9.67 Å². The van der Waals surface area contributed by atoms with Gasteiger partial charge < -0.3 is 29.9 Å². The molecule has 0 atom stereocenters. The van der Waals surface area contributed by atoms with Crippen LogP contribution in [0.2, 0.25) is 5.02 Å². The number of nitrogens with one attached hydrogen (secondary N) is 2. The molecule has 0 aliphatic heterocycles. The van der Waals surface area contributed by atoms with Crippen molar-refractivity contribution in [2.75, 3.05) is 64.0 Å². The predicted octanol–water partition coefficient (Wildman–Crippen LogP) is 5.38. The SMILES string of the molecule is C=CC(=O)Nc1cc(Nc2nccc(-n3nc(OC)c4cc(Cl)ccc43)n2)c(OC)cc1N(C)CCN(C)C.CC. The van der Waals surface area contributed by atoms with Crippen LogP contribution in [0.25, 0.3) is 16.7 Å². The fraction of sp³-hybridized carbons (Fsp3) is 0.310. The van der Waals surface area contributed by atoms with Crippen LogP contribution >= 0.6 is 11.6 Å². The number of methoxy groups -OCH3 is 2. The third kappa shape index (κ3) is 7.44. The Morgan fingerprint density at radius 1 is 1.07 bits per heavy atom. The van der Waals surface area contributed by atoms with Gasteiger partial charge in [-0.2, -0.15) is 4.98 Å². The largest absolute Gasteiger partial charge is 0.494 e. The Kier molecular flexibility index (Phi) is 10.9. The number of likely N-dealkylation sites (N-methyl/N-ethyl adjacent to an activating group) is 2. The number of benzene rings is 2. The van der Waals surface area contributed by atoms with Crippen LogP contribution < -0.4 is 25.0 Å². The van der Waals surface area contributed by atoms with Gasteiger partial charge in [0.15, 0.2) is 5.82 Å². The molecule has 41 heavy (non-hydrogen) atoms. The van der Waals surface area contributed by atoms with E-state index in [4.69, 9.17) is 21.1 Å². The average Bonchev–Trinajstić information content (AvgIpc) is 3.35. The summed E-state index contributed by atoms with van der Waals surface area (Å²) in [7, 11) is 9.10. The molecule has 2 aromatic carbocycles. The van der Waals surface area contributed by atoms with E-state index in [-0.39, 0.29) is 5.91 Å². The van der Waals surface area contributed by atoms with E-state index in [1.807, 2.05) is 52.0 Å². The number of carbonyl (C=O) groups excluding carboxylic acids is 1. The Hall–Kier alpha value is -4.35. The van der Waals surface area contributed by atoms with Crippen LogP contribution in [0.1, 0.15) is 13.8 Å². The van der Waals surface area contributed by atoms with Gasteiger partial charge in [-0.05, 0) is 44.4 Å². The van der Waals surface area contributed by atoms with Crippen molar-refractivity contribution in [3.8, 4) is 17.4 Å². The topological polar surface area (TPSA) is 110 Å². The van der Waals surface area contributed by atoms with Crippen molar-refractivity contribution < 1.29 is 14.3 Å². The fourth-order valence-corrected chi connectivity index (χ4v) is 4.11. The van der Waals surface area contributed by atoms with Gasteiger partial charge in [0, 0.05) is 43.5 Å². The Morgan fingerprint density at radius 3 is 2.49 bits per heavy atom. The van der Waals surface area contributed by atoms with E-state index in [1.54, 1.807) is 49.4 Å². The van der Waals surface area contributed by atoms with E-state index in [2.05, 4.69) is 37.2 Å². The summed E-state index contributed by atoms with van der Waals surface area (Å²) in [5.41, 5.74) is 2.71. The molecule has 218 valence electrons. The lowest BCUT2D eigenvalue weighted by Gasteiger charge is -2.26. The van der Waals surface area contributed by atoms with Crippen LogP contribution in [0, 0.1) is 0 Å². The van der Waals surface area contributed by atoms with Crippen LogP contribution in [0.4, 0.5) is 23.0 Å². The van der Waals surface area contributed by atoms with Gasteiger partial charge in [0.05, 0.1) is 42.2 Å². The first kappa shape index (κ1) is 31.2. The molecule has 0 unspecified atom stereocenters. The van der Waals surface area contributed by atoms with Gasteiger partial charge in [-0.3, -0.25) is 4.79 Å². The number of carbonyl (C=O) groups is 1. The first-order chi connectivity index (χ1) is 19.7. The molecule has 0 saturated carbocycles. The number of ether oxygens (including phenoxy) is 2. The molecule has 4 aromatic rings. The predicted molar refractivity (Wildman–Crippen MR) is 166 cm³/mol. The third-order valence-corrected chi connectivity index (χ3v) is 6.20. The molecule has 4 rings (SSSR count). The minimum atomic E-state index is -0.328. The molecule has 0 fully saturated rings. The molecule has 0 aliphatic carbocycles. The lowest BCUT2D eigenvalue weighted by atomic mass is 10.2. The van der Waals surface area contributed by atoms with Gasteiger partial charge >= 0.3 is 0 Å². The molecule has 0 spiro atoms. The maximum atomic E-state index is 12.2. The highest BCUT2D eigenvalue weighted by molar-refractivity contribution is 6.31. The smallest absolute Gasteiger partial charge is 0.247 e. The first-order valence-corrected chi connectivity index (χ1v) is 13.5. The molecule has 1 amide bonds. The van der Waals surface area contributed by atoms with Crippen molar-refractivity contribution in [1.82, 2.24) is 24.6 Å². The van der Waals surface area contributed by atoms with Gasteiger partial charge in [0.1, 0.15) is 5.75 Å². The molecule has 12 heteroatoms. The highest BCUT2D eigenvalue weighted by atomic mass is 35.5. The van der Waals surface area contributed by atoms with E-state index >= 15 is 0 Å². The minimum absolute atomic E-state index is 0.303. The van der Waals surface area contributed by atoms with E-state index < -0.39 is 0 Å². The maximum Gasteiger partial charge on any atom is 0.247 e. The van der Waals surface area contributed by atoms with Crippen LogP contribution in [-0.4, -0.2) is 79.0 Å². The Bertz CT molecular complexity index is 1510. The zero-order valence-electron chi connectivity index (χ0n) is 24.5. The summed E-state index contributed by atoms with van der Waals surface area (Å²) < 4.78 is 12.8. The summed E-state index contributed by atoms with van der Waals surface area (Å²) in [6.07, 6.45) is 2.85. The number of aromatic nitrogens is 4. The van der Waals surface area contributed by atoms with E-state index in [1.165, 1.54) is 6.08 Å². The molecule has 2 heterocycles. The molecule has 0 aliphatic rings. The molecular weight excluding hydrogens is 544 g/mol. The van der Waals surface area contributed by atoms with E-state index in [0.717, 1.165) is 29.7 Å². The van der Waals surface area contributed by atoms with Crippen LogP contribution in [0.15, 0.2) is 55.3 Å². The zero-order valence-corrected chi connectivity index (χ0v) is 25.3. The van der Waals surface area contributed by atoms with Gasteiger partial charge in [-0.1, -0.05) is 32.0 Å². The number of hydrogen-bond acceptors (Lipinski definition) is 9. The summed E-state index contributed by atoms with van der Waals surface area (Å²) >= 11 is 6.19. The lowest BCUT2D eigenvalue weighted by molar-refractivity contribution is -0.111. The van der Waals surface area contributed by atoms with Crippen molar-refractivity contribution in [3.05, 3.63) is 60.3 Å². The number of rotatable bonds is 11.